The van der Waals surface area contributed by atoms with Crippen LogP contribution in [0.3, 0.4) is 0 Å². The minimum absolute atomic E-state index is 0.229. The van der Waals surface area contributed by atoms with Gasteiger partial charge in [0.2, 0.25) is 5.91 Å². The Labute approximate surface area is 96.3 Å². The highest BCUT2D eigenvalue weighted by Gasteiger charge is 2.18. The van der Waals surface area contributed by atoms with Crippen LogP contribution in [0.1, 0.15) is 32.0 Å². The highest BCUT2D eigenvalue weighted by Crippen LogP contribution is 2.09. The molecule has 2 heterocycles. The summed E-state index contributed by atoms with van der Waals surface area (Å²) < 4.78 is 1.98. The summed E-state index contributed by atoms with van der Waals surface area (Å²) in [5.74, 6) is 1.25. The van der Waals surface area contributed by atoms with E-state index in [1.807, 2.05) is 15.7 Å². The standard InChI is InChI=1S/C12H19N3O/c1-2-5-11-13-6-9-15(11)10-12(16)14-7-3-4-8-14/h6,9H,2-5,7-8,10H2,1H3. The molecule has 1 aromatic rings. The van der Waals surface area contributed by atoms with Crippen LogP contribution in [0.5, 0.6) is 0 Å². The van der Waals surface area contributed by atoms with Gasteiger partial charge in [-0.15, -0.1) is 0 Å². The largest absolute Gasteiger partial charge is 0.341 e. The second-order valence-corrected chi connectivity index (χ2v) is 4.31. The van der Waals surface area contributed by atoms with E-state index in [0.717, 1.165) is 44.6 Å². The lowest BCUT2D eigenvalue weighted by Crippen LogP contribution is -2.31. The van der Waals surface area contributed by atoms with Crippen LogP contribution in [-0.4, -0.2) is 33.4 Å². The van der Waals surface area contributed by atoms with E-state index >= 15 is 0 Å². The van der Waals surface area contributed by atoms with Crippen molar-refractivity contribution in [3.8, 4) is 0 Å². The number of imidazole rings is 1. The zero-order chi connectivity index (χ0) is 11.4. The summed E-state index contributed by atoms with van der Waals surface area (Å²) in [4.78, 5) is 18.2. The third-order valence-electron chi connectivity index (χ3n) is 3.04. The fraction of sp³-hybridized carbons (Fsp3) is 0.667. The number of nitrogens with zero attached hydrogens (tertiary/aromatic N) is 3. The van der Waals surface area contributed by atoms with E-state index in [4.69, 9.17) is 0 Å². The summed E-state index contributed by atoms with van der Waals surface area (Å²) in [5, 5.41) is 0. The van der Waals surface area contributed by atoms with Crippen molar-refractivity contribution in [1.29, 1.82) is 0 Å². The van der Waals surface area contributed by atoms with Crippen LogP contribution >= 0.6 is 0 Å². The fourth-order valence-electron chi connectivity index (χ4n) is 2.15. The van der Waals surface area contributed by atoms with Crippen LogP contribution < -0.4 is 0 Å². The molecule has 0 aromatic carbocycles. The normalized spacial score (nSPS) is 15.7. The number of hydrogen-bond donors (Lipinski definition) is 0. The van der Waals surface area contributed by atoms with Crippen LogP contribution in [0.4, 0.5) is 0 Å². The lowest BCUT2D eigenvalue weighted by molar-refractivity contribution is -0.130. The number of hydrogen-bond acceptors (Lipinski definition) is 2. The second kappa shape index (κ2) is 5.14. The van der Waals surface area contributed by atoms with Crippen molar-refractivity contribution in [1.82, 2.24) is 14.5 Å². The van der Waals surface area contributed by atoms with Crippen molar-refractivity contribution in [3.05, 3.63) is 18.2 Å². The maximum atomic E-state index is 11.9. The molecule has 2 rings (SSSR count). The van der Waals surface area contributed by atoms with Gasteiger partial charge in [-0.1, -0.05) is 6.92 Å². The number of amides is 1. The topological polar surface area (TPSA) is 38.1 Å². The zero-order valence-electron chi connectivity index (χ0n) is 9.85. The van der Waals surface area contributed by atoms with E-state index in [2.05, 4.69) is 11.9 Å². The molecule has 16 heavy (non-hydrogen) atoms. The van der Waals surface area contributed by atoms with Crippen LogP contribution in [0.25, 0.3) is 0 Å². The van der Waals surface area contributed by atoms with Gasteiger partial charge in [0.05, 0.1) is 0 Å². The molecular weight excluding hydrogens is 202 g/mol. The van der Waals surface area contributed by atoms with E-state index in [9.17, 15) is 4.79 Å². The first-order valence-corrected chi connectivity index (χ1v) is 6.09. The zero-order valence-corrected chi connectivity index (χ0v) is 9.85. The quantitative estimate of drug-likeness (QED) is 0.772. The van der Waals surface area contributed by atoms with Crippen molar-refractivity contribution in [2.75, 3.05) is 13.1 Å². The molecule has 1 aliphatic heterocycles. The molecule has 0 aliphatic carbocycles. The SMILES string of the molecule is CCCc1nccn1CC(=O)N1CCCC1. The van der Waals surface area contributed by atoms with Gasteiger partial charge in [-0.05, 0) is 19.3 Å². The molecular formula is C12H19N3O. The van der Waals surface area contributed by atoms with E-state index in [1.54, 1.807) is 6.20 Å². The summed E-state index contributed by atoms with van der Waals surface area (Å²) >= 11 is 0. The summed E-state index contributed by atoms with van der Waals surface area (Å²) in [6.07, 6.45) is 7.99. The lowest BCUT2D eigenvalue weighted by atomic mass is 10.3. The van der Waals surface area contributed by atoms with Crippen molar-refractivity contribution in [3.63, 3.8) is 0 Å². The predicted molar refractivity (Wildman–Crippen MR) is 62.0 cm³/mol. The Bertz CT molecular complexity index is 353. The Morgan fingerprint density at radius 3 is 2.88 bits per heavy atom. The van der Waals surface area contributed by atoms with Gasteiger partial charge in [-0.3, -0.25) is 4.79 Å². The molecule has 0 spiro atoms. The monoisotopic (exact) mass is 221 g/mol. The van der Waals surface area contributed by atoms with Crippen LogP contribution in [0.15, 0.2) is 12.4 Å². The number of likely N-dealkylation sites (tertiary alicyclic amines) is 1. The first-order valence-electron chi connectivity index (χ1n) is 6.09. The average molecular weight is 221 g/mol. The molecule has 0 radical (unpaired) electrons. The third kappa shape index (κ3) is 2.43. The van der Waals surface area contributed by atoms with Crippen LogP contribution in [-0.2, 0) is 17.8 Å². The maximum absolute atomic E-state index is 11.9. The maximum Gasteiger partial charge on any atom is 0.242 e. The molecule has 4 heteroatoms. The second-order valence-electron chi connectivity index (χ2n) is 4.31. The Balaban J connectivity index is 1.96. The fourth-order valence-corrected chi connectivity index (χ4v) is 2.15. The first-order chi connectivity index (χ1) is 7.81. The third-order valence-corrected chi connectivity index (χ3v) is 3.04. The molecule has 88 valence electrons. The molecule has 1 saturated heterocycles. The molecule has 1 aromatic heterocycles. The predicted octanol–water partition coefficient (Wildman–Crippen LogP) is 1.46. The van der Waals surface area contributed by atoms with Crippen molar-refractivity contribution in [2.24, 2.45) is 0 Å². The summed E-state index contributed by atoms with van der Waals surface area (Å²) in [6.45, 7) is 4.43. The van der Waals surface area contributed by atoms with Crippen molar-refractivity contribution >= 4 is 5.91 Å². The van der Waals surface area contributed by atoms with E-state index < -0.39 is 0 Å². The molecule has 1 amide bonds. The number of carbonyl (C=O) groups excluding carboxylic acids is 1. The van der Waals surface area contributed by atoms with Crippen LogP contribution in [0.2, 0.25) is 0 Å². The molecule has 1 fully saturated rings. The molecule has 4 nitrogen and oxygen atoms in total. The van der Waals surface area contributed by atoms with Gasteiger partial charge in [0.25, 0.3) is 0 Å². The highest BCUT2D eigenvalue weighted by atomic mass is 16.2. The van der Waals surface area contributed by atoms with E-state index in [0.29, 0.717) is 6.54 Å². The van der Waals surface area contributed by atoms with Crippen molar-refractivity contribution < 1.29 is 4.79 Å². The Hall–Kier alpha value is -1.32. The van der Waals surface area contributed by atoms with E-state index in [-0.39, 0.29) is 5.91 Å². The highest BCUT2D eigenvalue weighted by molar-refractivity contribution is 5.76. The molecule has 0 atom stereocenters. The van der Waals surface area contributed by atoms with Gasteiger partial charge >= 0.3 is 0 Å². The van der Waals surface area contributed by atoms with E-state index in [1.165, 1.54) is 0 Å². The molecule has 0 N–H and O–H groups in total. The van der Waals surface area contributed by atoms with Gasteiger partial charge in [-0.25, -0.2) is 4.98 Å². The minimum atomic E-state index is 0.229. The van der Waals surface area contributed by atoms with Crippen molar-refractivity contribution in [2.45, 2.75) is 39.2 Å². The van der Waals surface area contributed by atoms with Crippen LogP contribution in [0, 0.1) is 0 Å². The average Bonchev–Trinajstić information content (AvgIpc) is 2.90. The minimum Gasteiger partial charge on any atom is -0.341 e. The lowest BCUT2D eigenvalue weighted by Gasteiger charge is -2.16. The first kappa shape index (κ1) is 11.2. The van der Waals surface area contributed by atoms with Gasteiger partial charge in [0.1, 0.15) is 12.4 Å². The number of rotatable bonds is 4. The summed E-state index contributed by atoms with van der Waals surface area (Å²) in [5.41, 5.74) is 0. The van der Waals surface area contributed by atoms with Gasteiger partial charge < -0.3 is 9.47 Å². The number of aryl methyl sites for hydroxylation is 1. The molecule has 0 saturated carbocycles. The molecule has 0 unspecified atom stereocenters. The van der Waals surface area contributed by atoms with Gasteiger partial charge in [-0.2, -0.15) is 0 Å². The molecule has 1 aliphatic rings. The number of carbonyl (C=O) groups is 1. The smallest absolute Gasteiger partial charge is 0.242 e. The van der Waals surface area contributed by atoms with Gasteiger partial charge in [0.15, 0.2) is 0 Å². The Morgan fingerprint density at radius 1 is 1.44 bits per heavy atom. The Kier molecular flexibility index (Phi) is 3.59. The van der Waals surface area contributed by atoms with Gasteiger partial charge in [0, 0.05) is 31.9 Å². The Morgan fingerprint density at radius 2 is 2.19 bits per heavy atom. The summed E-state index contributed by atoms with van der Waals surface area (Å²) in [6, 6.07) is 0. The number of aromatic nitrogens is 2. The molecule has 0 bridgehead atoms. The summed E-state index contributed by atoms with van der Waals surface area (Å²) in [7, 11) is 0.